The highest BCUT2D eigenvalue weighted by molar-refractivity contribution is 6.30. The SMILES string of the molecule is CCC(C)Nc1ncc(C(=O)Nc2ccc(Cl)cc2C)cn1. The molecule has 0 saturated heterocycles. The van der Waals surface area contributed by atoms with E-state index in [4.69, 9.17) is 11.6 Å². The fraction of sp³-hybridized carbons (Fsp3) is 0.312. The van der Waals surface area contributed by atoms with Gasteiger partial charge in [-0.25, -0.2) is 9.97 Å². The molecule has 0 fully saturated rings. The fourth-order valence-corrected chi connectivity index (χ4v) is 2.03. The van der Waals surface area contributed by atoms with E-state index < -0.39 is 0 Å². The number of anilines is 2. The molecular formula is C16H19ClN4O. The molecule has 22 heavy (non-hydrogen) atoms. The van der Waals surface area contributed by atoms with E-state index in [0.717, 1.165) is 17.7 Å². The first-order valence-corrected chi connectivity index (χ1v) is 7.53. The van der Waals surface area contributed by atoms with Crippen LogP contribution in [0.25, 0.3) is 0 Å². The molecule has 1 unspecified atom stereocenters. The number of nitrogens with one attached hydrogen (secondary N) is 2. The molecule has 0 saturated carbocycles. The monoisotopic (exact) mass is 318 g/mol. The van der Waals surface area contributed by atoms with Crippen molar-refractivity contribution in [1.29, 1.82) is 0 Å². The summed E-state index contributed by atoms with van der Waals surface area (Å²) in [6.45, 7) is 6.01. The molecule has 0 aliphatic carbocycles. The molecule has 5 nitrogen and oxygen atoms in total. The van der Waals surface area contributed by atoms with Gasteiger partial charge in [0.05, 0.1) is 5.56 Å². The molecule has 0 bridgehead atoms. The van der Waals surface area contributed by atoms with E-state index in [-0.39, 0.29) is 11.9 Å². The van der Waals surface area contributed by atoms with Gasteiger partial charge >= 0.3 is 0 Å². The second kappa shape index (κ2) is 7.22. The summed E-state index contributed by atoms with van der Waals surface area (Å²) in [5.74, 6) is 0.272. The predicted molar refractivity (Wildman–Crippen MR) is 89.5 cm³/mol. The molecule has 0 radical (unpaired) electrons. The maximum atomic E-state index is 12.2. The van der Waals surface area contributed by atoms with E-state index in [1.54, 1.807) is 18.2 Å². The molecule has 0 spiro atoms. The summed E-state index contributed by atoms with van der Waals surface area (Å²) < 4.78 is 0. The Balaban J connectivity index is 2.06. The lowest BCUT2D eigenvalue weighted by atomic mass is 10.2. The normalized spacial score (nSPS) is 11.8. The van der Waals surface area contributed by atoms with Crippen molar-refractivity contribution in [2.24, 2.45) is 0 Å². The highest BCUT2D eigenvalue weighted by atomic mass is 35.5. The van der Waals surface area contributed by atoms with Crippen molar-refractivity contribution >= 4 is 29.1 Å². The Morgan fingerprint density at radius 1 is 1.32 bits per heavy atom. The largest absolute Gasteiger partial charge is 0.352 e. The number of aryl methyl sites for hydroxylation is 1. The smallest absolute Gasteiger partial charge is 0.258 e. The summed E-state index contributed by atoms with van der Waals surface area (Å²) in [6, 6.07) is 5.60. The molecule has 116 valence electrons. The minimum Gasteiger partial charge on any atom is -0.352 e. The highest BCUT2D eigenvalue weighted by Gasteiger charge is 2.10. The third-order valence-corrected chi connectivity index (χ3v) is 3.57. The maximum Gasteiger partial charge on any atom is 0.258 e. The molecule has 1 amide bonds. The summed E-state index contributed by atoms with van der Waals surface area (Å²) >= 11 is 5.90. The van der Waals surface area contributed by atoms with Gasteiger partial charge < -0.3 is 10.6 Å². The first-order valence-electron chi connectivity index (χ1n) is 7.15. The zero-order valence-electron chi connectivity index (χ0n) is 12.9. The van der Waals surface area contributed by atoms with Gasteiger partial charge in [-0.05, 0) is 44.0 Å². The fourth-order valence-electron chi connectivity index (χ4n) is 1.80. The number of carbonyl (C=O) groups excluding carboxylic acids is 1. The number of halogens is 1. The van der Waals surface area contributed by atoms with Gasteiger partial charge in [0, 0.05) is 29.1 Å². The number of rotatable bonds is 5. The van der Waals surface area contributed by atoms with Gasteiger partial charge in [-0.2, -0.15) is 0 Å². The van der Waals surface area contributed by atoms with Crippen LogP contribution in [0.2, 0.25) is 5.02 Å². The van der Waals surface area contributed by atoms with E-state index in [2.05, 4.69) is 27.5 Å². The molecule has 1 aromatic heterocycles. The van der Waals surface area contributed by atoms with E-state index in [0.29, 0.717) is 16.5 Å². The van der Waals surface area contributed by atoms with Gasteiger partial charge in [-0.15, -0.1) is 0 Å². The maximum absolute atomic E-state index is 12.2. The quantitative estimate of drug-likeness (QED) is 0.877. The third kappa shape index (κ3) is 4.18. The average Bonchev–Trinajstić information content (AvgIpc) is 2.50. The van der Waals surface area contributed by atoms with Crippen LogP contribution in [0.4, 0.5) is 11.6 Å². The van der Waals surface area contributed by atoms with Gasteiger partial charge in [-0.3, -0.25) is 4.79 Å². The third-order valence-electron chi connectivity index (χ3n) is 3.34. The van der Waals surface area contributed by atoms with Gasteiger partial charge in [0.15, 0.2) is 0 Å². The number of benzene rings is 1. The molecule has 6 heteroatoms. The Bertz CT molecular complexity index is 658. The van der Waals surface area contributed by atoms with E-state index >= 15 is 0 Å². The van der Waals surface area contributed by atoms with Gasteiger partial charge in [0.1, 0.15) is 0 Å². The van der Waals surface area contributed by atoms with Crippen LogP contribution in [0.3, 0.4) is 0 Å². The molecule has 0 aliphatic rings. The molecule has 1 atom stereocenters. The highest BCUT2D eigenvalue weighted by Crippen LogP contribution is 2.20. The Hall–Kier alpha value is -2.14. The molecule has 1 heterocycles. The van der Waals surface area contributed by atoms with E-state index in [1.807, 2.05) is 13.8 Å². The molecule has 1 aromatic carbocycles. The molecule has 0 aliphatic heterocycles. The summed E-state index contributed by atoms with van der Waals surface area (Å²) in [7, 11) is 0. The Morgan fingerprint density at radius 3 is 2.59 bits per heavy atom. The van der Waals surface area contributed by atoms with Crippen LogP contribution in [0, 0.1) is 6.92 Å². The minimum absolute atomic E-state index is 0.250. The number of hydrogen-bond acceptors (Lipinski definition) is 4. The number of aromatic nitrogens is 2. The zero-order chi connectivity index (χ0) is 16.1. The first-order chi connectivity index (χ1) is 10.5. The van der Waals surface area contributed by atoms with Crippen LogP contribution in [0.5, 0.6) is 0 Å². The summed E-state index contributed by atoms with van der Waals surface area (Å²) in [5.41, 5.74) is 2.03. The average molecular weight is 319 g/mol. The minimum atomic E-state index is -0.250. The van der Waals surface area contributed by atoms with Crippen LogP contribution in [-0.2, 0) is 0 Å². The van der Waals surface area contributed by atoms with Crippen molar-refractivity contribution < 1.29 is 4.79 Å². The standard InChI is InChI=1S/C16H19ClN4O/c1-4-11(3)20-16-18-8-12(9-19-16)15(22)21-14-6-5-13(17)7-10(14)2/h5-9,11H,4H2,1-3H3,(H,21,22)(H,18,19,20). The Morgan fingerprint density at radius 2 is 2.00 bits per heavy atom. The van der Waals surface area contributed by atoms with Crippen molar-refractivity contribution in [3.63, 3.8) is 0 Å². The lowest BCUT2D eigenvalue weighted by Gasteiger charge is -2.11. The number of amides is 1. The zero-order valence-corrected chi connectivity index (χ0v) is 13.6. The molecule has 2 rings (SSSR count). The van der Waals surface area contributed by atoms with Crippen molar-refractivity contribution in [3.05, 3.63) is 46.7 Å². The first kappa shape index (κ1) is 16.2. The number of carbonyl (C=O) groups is 1. The van der Waals surface area contributed by atoms with Crippen LogP contribution >= 0.6 is 11.6 Å². The van der Waals surface area contributed by atoms with Crippen LogP contribution in [0.1, 0.15) is 36.2 Å². The molecule has 2 aromatic rings. The van der Waals surface area contributed by atoms with E-state index in [1.165, 1.54) is 12.4 Å². The lowest BCUT2D eigenvalue weighted by molar-refractivity contribution is 0.102. The summed E-state index contributed by atoms with van der Waals surface area (Å²) in [5, 5.41) is 6.62. The second-order valence-corrected chi connectivity index (χ2v) is 5.60. The molecule has 2 N–H and O–H groups in total. The van der Waals surface area contributed by atoms with Crippen LogP contribution in [-0.4, -0.2) is 21.9 Å². The van der Waals surface area contributed by atoms with Gasteiger partial charge in [0.25, 0.3) is 5.91 Å². The van der Waals surface area contributed by atoms with Crippen molar-refractivity contribution in [1.82, 2.24) is 9.97 Å². The number of nitrogens with zero attached hydrogens (tertiary/aromatic N) is 2. The van der Waals surface area contributed by atoms with Gasteiger partial charge in [-0.1, -0.05) is 18.5 Å². The van der Waals surface area contributed by atoms with E-state index in [9.17, 15) is 4.79 Å². The molecular weight excluding hydrogens is 300 g/mol. The topological polar surface area (TPSA) is 66.9 Å². The predicted octanol–water partition coefficient (Wildman–Crippen LogP) is 3.90. The van der Waals surface area contributed by atoms with Crippen LogP contribution in [0.15, 0.2) is 30.6 Å². The lowest BCUT2D eigenvalue weighted by Crippen LogP contribution is -2.17. The van der Waals surface area contributed by atoms with Crippen molar-refractivity contribution in [3.8, 4) is 0 Å². The van der Waals surface area contributed by atoms with Crippen molar-refractivity contribution in [2.75, 3.05) is 10.6 Å². The Kier molecular flexibility index (Phi) is 5.33. The number of hydrogen-bond donors (Lipinski definition) is 2. The van der Waals surface area contributed by atoms with Gasteiger partial charge in [0.2, 0.25) is 5.95 Å². The van der Waals surface area contributed by atoms with Crippen LogP contribution < -0.4 is 10.6 Å². The van der Waals surface area contributed by atoms with Crippen molar-refractivity contribution in [2.45, 2.75) is 33.2 Å². The Labute approximate surface area is 135 Å². The summed E-state index contributed by atoms with van der Waals surface area (Å²) in [4.78, 5) is 20.5. The second-order valence-electron chi connectivity index (χ2n) is 5.16. The summed E-state index contributed by atoms with van der Waals surface area (Å²) in [6.07, 6.45) is 4.00.